The van der Waals surface area contributed by atoms with Crippen LogP contribution in [0.4, 0.5) is 5.69 Å². The van der Waals surface area contributed by atoms with Crippen LogP contribution in [0.2, 0.25) is 0 Å². The maximum Gasteiger partial charge on any atom is 0.238 e. The molecule has 1 fully saturated rings. The molecule has 1 saturated heterocycles. The second-order valence-corrected chi connectivity index (χ2v) is 5.57. The third kappa shape index (κ3) is 3.71. The fourth-order valence-electron chi connectivity index (χ4n) is 2.34. The van der Waals surface area contributed by atoms with Crippen molar-refractivity contribution < 1.29 is 14.3 Å². The molecule has 116 valence electrons. The van der Waals surface area contributed by atoms with Crippen molar-refractivity contribution in [2.45, 2.75) is 32.8 Å². The molecule has 0 aromatic carbocycles. The predicted octanol–water partition coefficient (Wildman–Crippen LogP) is 1.56. The lowest BCUT2D eigenvalue weighted by Gasteiger charge is -2.34. The van der Waals surface area contributed by atoms with Gasteiger partial charge in [-0.25, -0.2) is 4.98 Å². The normalized spacial score (nSPS) is 17.5. The Bertz CT molecular complexity index is 485. The van der Waals surface area contributed by atoms with E-state index in [4.69, 9.17) is 15.2 Å². The summed E-state index contributed by atoms with van der Waals surface area (Å²) in [6.07, 6.45) is 2.90. The van der Waals surface area contributed by atoms with Gasteiger partial charge in [-0.3, -0.25) is 4.79 Å². The number of rotatable bonds is 5. The van der Waals surface area contributed by atoms with Gasteiger partial charge in [-0.15, -0.1) is 0 Å². The standard InChI is InChI=1S/C15H23N3O3/c1-11(2)21-13-12(4-3-7-17-13)18-14(19)15(10-16)5-8-20-9-6-15/h3-4,7,11H,5-6,8-10,16H2,1-2H3,(H,18,19). The van der Waals surface area contributed by atoms with Gasteiger partial charge in [-0.05, 0) is 38.8 Å². The van der Waals surface area contributed by atoms with Crippen LogP contribution in [0.25, 0.3) is 0 Å². The zero-order chi connectivity index (χ0) is 15.3. The quantitative estimate of drug-likeness (QED) is 0.860. The first-order valence-corrected chi connectivity index (χ1v) is 7.28. The van der Waals surface area contributed by atoms with Gasteiger partial charge in [0.1, 0.15) is 5.69 Å². The molecule has 3 N–H and O–H groups in total. The highest BCUT2D eigenvalue weighted by molar-refractivity contribution is 5.96. The van der Waals surface area contributed by atoms with Crippen molar-refractivity contribution in [1.82, 2.24) is 4.98 Å². The lowest BCUT2D eigenvalue weighted by atomic mass is 9.79. The van der Waals surface area contributed by atoms with Crippen molar-refractivity contribution in [2.75, 3.05) is 25.1 Å². The molecule has 1 aromatic rings. The summed E-state index contributed by atoms with van der Waals surface area (Å²) < 4.78 is 10.9. The first kappa shape index (κ1) is 15.7. The van der Waals surface area contributed by atoms with Crippen LogP contribution in [0, 0.1) is 5.41 Å². The van der Waals surface area contributed by atoms with Gasteiger partial charge >= 0.3 is 0 Å². The Kier molecular flexibility index (Phi) is 5.14. The summed E-state index contributed by atoms with van der Waals surface area (Å²) in [5, 5.41) is 2.92. The van der Waals surface area contributed by atoms with Gasteiger partial charge in [0.25, 0.3) is 0 Å². The molecule has 0 unspecified atom stereocenters. The highest BCUT2D eigenvalue weighted by atomic mass is 16.5. The van der Waals surface area contributed by atoms with Crippen molar-refractivity contribution in [3.8, 4) is 5.88 Å². The number of anilines is 1. The average Bonchev–Trinajstić information content (AvgIpc) is 2.49. The summed E-state index contributed by atoms with van der Waals surface area (Å²) >= 11 is 0. The topological polar surface area (TPSA) is 86.5 Å². The number of aromatic nitrogens is 1. The van der Waals surface area contributed by atoms with Crippen LogP contribution in [0.5, 0.6) is 5.88 Å². The highest BCUT2D eigenvalue weighted by Crippen LogP contribution is 2.32. The largest absolute Gasteiger partial charge is 0.473 e. The van der Waals surface area contributed by atoms with Crippen LogP contribution >= 0.6 is 0 Å². The van der Waals surface area contributed by atoms with Crippen molar-refractivity contribution in [1.29, 1.82) is 0 Å². The number of hydrogen-bond acceptors (Lipinski definition) is 5. The summed E-state index contributed by atoms with van der Waals surface area (Å²) in [7, 11) is 0. The van der Waals surface area contributed by atoms with E-state index >= 15 is 0 Å². The maximum atomic E-state index is 12.6. The molecule has 0 atom stereocenters. The first-order chi connectivity index (χ1) is 10.1. The molecule has 0 bridgehead atoms. The summed E-state index contributed by atoms with van der Waals surface area (Å²) in [6, 6.07) is 3.55. The number of nitrogens with zero attached hydrogens (tertiary/aromatic N) is 1. The number of amides is 1. The first-order valence-electron chi connectivity index (χ1n) is 7.28. The van der Waals surface area contributed by atoms with E-state index in [9.17, 15) is 4.79 Å². The van der Waals surface area contributed by atoms with Gasteiger partial charge in [-0.1, -0.05) is 0 Å². The lowest BCUT2D eigenvalue weighted by Crippen LogP contribution is -2.46. The minimum Gasteiger partial charge on any atom is -0.473 e. The van der Waals surface area contributed by atoms with E-state index < -0.39 is 5.41 Å². The minimum atomic E-state index is -0.566. The van der Waals surface area contributed by atoms with Crippen LogP contribution in [-0.4, -0.2) is 36.8 Å². The minimum absolute atomic E-state index is 0.0119. The number of carbonyl (C=O) groups is 1. The molecular formula is C15H23N3O3. The molecule has 0 spiro atoms. The fourth-order valence-corrected chi connectivity index (χ4v) is 2.34. The van der Waals surface area contributed by atoms with Crippen LogP contribution in [0.3, 0.4) is 0 Å². The number of ether oxygens (including phenoxy) is 2. The third-order valence-electron chi connectivity index (χ3n) is 3.69. The van der Waals surface area contributed by atoms with Gasteiger partial charge in [-0.2, -0.15) is 0 Å². The van der Waals surface area contributed by atoms with Gasteiger partial charge in [0.05, 0.1) is 11.5 Å². The van der Waals surface area contributed by atoms with Gasteiger partial charge in [0.2, 0.25) is 11.8 Å². The molecule has 6 heteroatoms. The average molecular weight is 293 g/mol. The molecule has 21 heavy (non-hydrogen) atoms. The van der Waals surface area contributed by atoms with E-state index in [1.807, 2.05) is 13.8 Å². The van der Waals surface area contributed by atoms with Crippen molar-refractivity contribution in [3.63, 3.8) is 0 Å². The molecular weight excluding hydrogens is 270 g/mol. The second kappa shape index (κ2) is 6.87. The van der Waals surface area contributed by atoms with E-state index in [0.717, 1.165) is 0 Å². The summed E-state index contributed by atoms with van der Waals surface area (Å²) in [4.78, 5) is 16.8. The third-order valence-corrected chi connectivity index (χ3v) is 3.69. The molecule has 2 rings (SSSR count). The number of nitrogens with two attached hydrogens (primary N) is 1. The predicted molar refractivity (Wildman–Crippen MR) is 80.2 cm³/mol. The van der Waals surface area contributed by atoms with Crippen molar-refractivity contribution >= 4 is 11.6 Å². The molecule has 1 amide bonds. The Morgan fingerprint density at radius 2 is 2.24 bits per heavy atom. The molecule has 1 aliphatic heterocycles. The zero-order valence-electron chi connectivity index (χ0n) is 12.6. The Hall–Kier alpha value is -1.66. The van der Waals surface area contributed by atoms with Gasteiger partial charge in [0.15, 0.2) is 0 Å². The Labute approximate surface area is 125 Å². The fraction of sp³-hybridized carbons (Fsp3) is 0.600. The van der Waals surface area contributed by atoms with E-state index in [0.29, 0.717) is 44.2 Å². The van der Waals surface area contributed by atoms with Crippen LogP contribution in [0.15, 0.2) is 18.3 Å². The molecule has 1 aliphatic rings. The number of pyridine rings is 1. The maximum absolute atomic E-state index is 12.6. The van der Waals surface area contributed by atoms with Crippen LogP contribution < -0.4 is 15.8 Å². The number of carbonyl (C=O) groups excluding carboxylic acids is 1. The number of nitrogens with one attached hydrogen (secondary N) is 1. The van der Waals surface area contributed by atoms with E-state index in [1.54, 1.807) is 18.3 Å². The molecule has 6 nitrogen and oxygen atoms in total. The summed E-state index contributed by atoms with van der Waals surface area (Å²) in [5.74, 6) is 0.343. The second-order valence-electron chi connectivity index (χ2n) is 5.57. The lowest BCUT2D eigenvalue weighted by molar-refractivity contribution is -0.130. The molecule has 0 saturated carbocycles. The molecule has 0 radical (unpaired) electrons. The Balaban J connectivity index is 2.15. The Morgan fingerprint density at radius 1 is 1.52 bits per heavy atom. The smallest absolute Gasteiger partial charge is 0.238 e. The van der Waals surface area contributed by atoms with Crippen LogP contribution in [0.1, 0.15) is 26.7 Å². The number of hydrogen-bond donors (Lipinski definition) is 2. The van der Waals surface area contributed by atoms with E-state index in [2.05, 4.69) is 10.3 Å². The summed E-state index contributed by atoms with van der Waals surface area (Å²) in [5.41, 5.74) is 5.86. The van der Waals surface area contributed by atoms with Crippen molar-refractivity contribution in [3.05, 3.63) is 18.3 Å². The highest BCUT2D eigenvalue weighted by Gasteiger charge is 2.39. The molecule has 2 heterocycles. The van der Waals surface area contributed by atoms with Crippen molar-refractivity contribution in [2.24, 2.45) is 11.1 Å². The van der Waals surface area contributed by atoms with Gasteiger partial charge in [0, 0.05) is 26.0 Å². The SMILES string of the molecule is CC(C)Oc1ncccc1NC(=O)C1(CN)CCOCC1. The molecule has 0 aliphatic carbocycles. The zero-order valence-corrected chi connectivity index (χ0v) is 12.6. The monoisotopic (exact) mass is 293 g/mol. The summed E-state index contributed by atoms with van der Waals surface area (Å²) in [6.45, 7) is 5.27. The van der Waals surface area contributed by atoms with Gasteiger partial charge < -0.3 is 20.5 Å². The van der Waals surface area contributed by atoms with E-state index in [1.165, 1.54) is 0 Å². The molecule has 1 aromatic heterocycles. The Morgan fingerprint density at radius 3 is 2.86 bits per heavy atom. The van der Waals surface area contributed by atoms with Crippen LogP contribution in [-0.2, 0) is 9.53 Å². The van der Waals surface area contributed by atoms with E-state index in [-0.39, 0.29) is 12.0 Å².